The third-order valence-electron chi connectivity index (χ3n) is 1.49. The summed E-state index contributed by atoms with van der Waals surface area (Å²) in [6.45, 7) is 3.11. The molecule has 0 spiro atoms. The first-order valence-electron chi connectivity index (χ1n) is 4.93. The van der Waals surface area contributed by atoms with Crippen molar-refractivity contribution in [3.8, 4) is 0 Å². The van der Waals surface area contributed by atoms with Crippen molar-refractivity contribution in [2.75, 3.05) is 6.54 Å². The molecule has 0 unspecified atom stereocenters. The van der Waals surface area contributed by atoms with E-state index in [1.807, 2.05) is 0 Å². The van der Waals surface area contributed by atoms with E-state index in [2.05, 4.69) is 4.99 Å². The molecule has 0 aliphatic rings. The number of nitrogens with zero attached hydrogens (tertiary/aromatic N) is 1. The van der Waals surface area contributed by atoms with Crippen molar-refractivity contribution in [2.24, 2.45) is 4.99 Å². The Bertz CT molecular complexity index is 348. The fraction of sp³-hybridized carbons (Fsp3) is 0.556. The predicted molar refractivity (Wildman–Crippen MR) is 58.8 cm³/mol. The highest BCUT2D eigenvalue weighted by Gasteiger charge is 2.51. The molecule has 0 N–H and O–H groups in total. The number of hydrogen-bond acceptors (Lipinski definition) is 8. The van der Waals surface area contributed by atoms with E-state index in [0.717, 1.165) is 20.8 Å². The summed E-state index contributed by atoms with van der Waals surface area (Å²) in [6.07, 6.45) is 1.28. The van der Waals surface area contributed by atoms with Gasteiger partial charge in [0, 0.05) is 20.8 Å². The lowest BCUT2D eigenvalue weighted by atomic mass is 10.8. The molecule has 0 bridgehead atoms. The van der Waals surface area contributed by atoms with E-state index in [1.54, 1.807) is 0 Å². The van der Waals surface area contributed by atoms with Crippen LogP contribution in [0.4, 0.5) is 0 Å². The van der Waals surface area contributed by atoms with Crippen LogP contribution in [-0.2, 0) is 32.5 Å². The van der Waals surface area contributed by atoms with E-state index in [-0.39, 0.29) is 12.6 Å². The van der Waals surface area contributed by atoms with Crippen molar-refractivity contribution in [3.63, 3.8) is 0 Å². The first kappa shape index (κ1) is 16.0. The molecule has 0 fully saturated rings. The van der Waals surface area contributed by atoms with Crippen molar-refractivity contribution >= 4 is 32.8 Å². The van der Waals surface area contributed by atoms with Crippen LogP contribution >= 0.6 is 0 Å². The van der Waals surface area contributed by atoms with Gasteiger partial charge in [0.2, 0.25) is 6.08 Å². The smallest absolute Gasteiger partial charge is 0.455 e. The van der Waals surface area contributed by atoms with Crippen molar-refractivity contribution in [3.05, 3.63) is 0 Å². The van der Waals surface area contributed by atoms with Gasteiger partial charge >= 0.3 is 8.80 Å². The topological polar surface area (TPSA) is 108 Å². The van der Waals surface area contributed by atoms with Crippen LogP contribution in [0.2, 0.25) is 6.04 Å². The number of carbonyl (C=O) groups excluding carboxylic acids is 4. The average Bonchev–Trinajstić information content (AvgIpc) is 2.13. The second-order valence-corrected chi connectivity index (χ2v) is 5.67. The molecule has 0 atom stereocenters. The molecule has 0 radical (unpaired) electrons. The SMILES string of the molecule is CC(=O)O[Si](CCN=C=O)(OC(C)=O)OC(C)=O. The summed E-state index contributed by atoms with van der Waals surface area (Å²) in [5.74, 6) is -2.29. The molecule has 9 heteroatoms. The van der Waals surface area contributed by atoms with E-state index in [4.69, 9.17) is 13.3 Å². The average molecular weight is 275 g/mol. The lowest BCUT2D eigenvalue weighted by Crippen LogP contribution is -2.49. The van der Waals surface area contributed by atoms with Gasteiger partial charge in [0.15, 0.2) is 0 Å². The first-order chi connectivity index (χ1) is 8.31. The Morgan fingerprint density at radius 1 is 1.00 bits per heavy atom. The Kier molecular flexibility index (Phi) is 6.54. The lowest BCUT2D eigenvalue weighted by molar-refractivity contribution is -0.147. The number of isocyanates is 1. The van der Waals surface area contributed by atoms with Crippen LogP contribution < -0.4 is 0 Å². The second-order valence-electron chi connectivity index (χ2n) is 3.19. The maximum atomic E-state index is 11.0. The van der Waals surface area contributed by atoms with Gasteiger partial charge in [-0.1, -0.05) is 0 Å². The van der Waals surface area contributed by atoms with Gasteiger partial charge in [0.05, 0.1) is 12.6 Å². The summed E-state index contributed by atoms with van der Waals surface area (Å²) in [6, 6.07) is -0.166. The number of carbonyl (C=O) groups is 3. The quantitative estimate of drug-likeness (QED) is 0.380. The minimum atomic E-state index is -3.84. The Labute approximate surface area is 104 Å². The molecule has 0 heterocycles. The van der Waals surface area contributed by atoms with Crippen LogP contribution in [0.25, 0.3) is 0 Å². The minimum absolute atomic E-state index is 0.135. The molecular weight excluding hydrogens is 262 g/mol. The molecule has 0 aromatic rings. The first-order valence-corrected chi connectivity index (χ1v) is 6.87. The molecule has 0 saturated carbocycles. The zero-order valence-corrected chi connectivity index (χ0v) is 11.2. The summed E-state index contributed by atoms with van der Waals surface area (Å²) in [4.78, 5) is 46.1. The van der Waals surface area contributed by atoms with Crippen molar-refractivity contribution in [1.29, 1.82) is 0 Å². The molecule has 0 aromatic carbocycles. The Hall–Kier alpha value is -1.99. The molecule has 18 heavy (non-hydrogen) atoms. The standard InChI is InChI=1S/C9H13NO7Si/c1-7(12)15-18(16-8(2)13,17-9(3)14)5-4-10-6-11/h4-5H2,1-3H3. The number of aliphatic imine (C=N–C) groups is 1. The molecule has 100 valence electrons. The van der Waals surface area contributed by atoms with E-state index in [9.17, 15) is 19.2 Å². The predicted octanol–water partition coefficient (Wildman–Crippen LogP) is -0.0496. The van der Waals surface area contributed by atoms with Crippen LogP contribution in [-0.4, -0.2) is 39.3 Å². The number of hydrogen-bond donors (Lipinski definition) is 0. The van der Waals surface area contributed by atoms with Crippen molar-refractivity contribution in [2.45, 2.75) is 26.8 Å². The maximum absolute atomic E-state index is 11.0. The summed E-state index contributed by atoms with van der Waals surface area (Å²) in [5, 5.41) is 0. The molecule has 8 nitrogen and oxygen atoms in total. The van der Waals surface area contributed by atoms with Crippen LogP contribution in [0.1, 0.15) is 20.8 Å². The van der Waals surface area contributed by atoms with E-state index < -0.39 is 26.7 Å². The van der Waals surface area contributed by atoms with E-state index >= 15 is 0 Å². The fourth-order valence-corrected chi connectivity index (χ4v) is 3.24. The van der Waals surface area contributed by atoms with Gasteiger partial charge in [-0.25, -0.2) is 9.79 Å². The summed E-state index contributed by atoms with van der Waals surface area (Å²) in [5.41, 5.74) is 0. The van der Waals surface area contributed by atoms with E-state index in [0.29, 0.717) is 0 Å². The highest BCUT2D eigenvalue weighted by molar-refractivity contribution is 6.65. The van der Waals surface area contributed by atoms with Crippen molar-refractivity contribution in [1.82, 2.24) is 0 Å². The fourth-order valence-electron chi connectivity index (χ4n) is 1.11. The largest absolute Gasteiger partial charge is 0.707 e. The lowest BCUT2D eigenvalue weighted by Gasteiger charge is -2.25. The van der Waals surface area contributed by atoms with Gasteiger partial charge < -0.3 is 13.3 Å². The van der Waals surface area contributed by atoms with Gasteiger partial charge in [0.1, 0.15) is 0 Å². The van der Waals surface area contributed by atoms with Gasteiger partial charge in [-0.15, -0.1) is 0 Å². The molecule has 0 aliphatic carbocycles. The molecular formula is C9H13NO7Si. The molecule has 0 aromatic heterocycles. The van der Waals surface area contributed by atoms with Gasteiger partial charge in [-0.3, -0.25) is 14.4 Å². The molecule has 0 saturated heterocycles. The van der Waals surface area contributed by atoms with Crippen LogP contribution in [0, 0.1) is 0 Å². The summed E-state index contributed by atoms with van der Waals surface area (Å²) >= 11 is 0. The second kappa shape index (κ2) is 7.36. The van der Waals surface area contributed by atoms with Gasteiger partial charge in [0.25, 0.3) is 17.9 Å². The zero-order valence-electron chi connectivity index (χ0n) is 10.2. The minimum Gasteiger partial charge on any atom is -0.455 e. The molecule has 0 aliphatic heterocycles. The summed E-state index contributed by atoms with van der Waals surface area (Å²) in [7, 11) is -3.84. The van der Waals surface area contributed by atoms with Crippen LogP contribution in [0.3, 0.4) is 0 Å². The monoisotopic (exact) mass is 275 g/mol. The highest BCUT2D eigenvalue weighted by Crippen LogP contribution is 2.17. The Morgan fingerprint density at radius 2 is 1.39 bits per heavy atom. The van der Waals surface area contributed by atoms with Gasteiger partial charge in [-0.2, -0.15) is 0 Å². The third-order valence-corrected chi connectivity index (χ3v) is 4.12. The number of rotatable bonds is 6. The highest BCUT2D eigenvalue weighted by atomic mass is 28.4. The molecule has 0 rings (SSSR count). The van der Waals surface area contributed by atoms with E-state index in [1.165, 1.54) is 6.08 Å². The van der Waals surface area contributed by atoms with Gasteiger partial charge in [-0.05, 0) is 0 Å². The van der Waals surface area contributed by atoms with Crippen molar-refractivity contribution < 1.29 is 32.5 Å². The Balaban J connectivity index is 5.07. The zero-order chi connectivity index (χ0) is 14.2. The molecule has 0 amide bonds. The van der Waals surface area contributed by atoms with Crippen LogP contribution in [0.5, 0.6) is 0 Å². The normalized spacial score (nSPS) is 9.94. The van der Waals surface area contributed by atoms with Crippen LogP contribution in [0.15, 0.2) is 4.99 Å². The third kappa shape index (κ3) is 6.56. The Morgan fingerprint density at radius 3 is 1.67 bits per heavy atom. The maximum Gasteiger partial charge on any atom is 0.707 e. The summed E-state index contributed by atoms with van der Waals surface area (Å²) < 4.78 is 14.5.